The highest BCUT2D eigenvalue weighted by atomic mass is 16.6. The topological polar surface area (TPSA) is 81.3 Å². The van der Waals surface area contributed by atoms with E-state index in [4.69, 9.17) is 0 Å². The molecule has 1 aliphatic carbocycles. The summed E-state index contributed by atoms with van der Waals surface area (Å²) in [6, 6.07) is -0.255. The van der Waals surface area contributed by atoms with E-state index in [-0.39, 0.29) is 17.6 Å². The van der Waals surface area contributed by atoms with E-state index in [9.17, 15) is 14.9 Å². The summed E-state index contributed by atoms with van der Waals surface area (Å²) in [6.45, 7) is 5.00. The van der Waals surface area contributed by atoms with Crippen LogP contribution in [0.5, 0.6) is 0 Å². The van der Waals surface area contributed by atoms with Crippen LogP contribution in [0.2, 0.25) is 0 Å². The van der Waals surface area contributed by atoms with Gasteiger partial charge in [0.2, 0.25) is 5.91 Å². The van der Waals surface area contributed by atoms with Crippen molar-refractivity contribution in [1.29, 1.82) is 0 Å². The van der Waals surface area contributed by atoms with Crippen LogP contribution in [-0.4, -0.2) is 38.6 Å². The lowest BCUT2D eigenvalue weighted by Gasteiger charge is -2.33. The molecule has 7 heteroatoms. The molecule has 0 aromatic carbocycles. The molecule has 1 saturated carbocycles. The van der Waals surface area contributed by atoms with E-state index in [0.29, 0.717) is 11.4 Å². The third-order valence-corrected chi connectivity index (χ3v) is 4.66. The molecular formula is C15H24N4O3. The van der Waals surface area contributed by atoms with Crippen molar-refractivity contribution in [3.05, 3.63) is 21.5 Å². The molecule has 0 spiro atoms. The van der Waals surface area contributed by atoms with Crippen LogP contribution >= 0.6 is 0 Å². The molecule has 1 aliphatic rings. The zero-order valence-corrected chi connectivity index (χ0v) is 13.7. The maximum absolute atomic E-state index is 12.7. The molecule has 0 bridgehead atoms. The van der Waals surface area contributed by atoms with Crippen molar-refractivity contribution < 1.29 is 9.72 Å². The number of nitro groups is 1. The Morgan fingerprint density at radius 3 is 2.45 bits per heavy atom. The summed E-state index contributed by atoms with van der Waals surface area (Å²) in [7, 11) is 1.83. The normalized spacial score (nSPS) is 17.3. The zero-order valence-electron chi connectivity index (χ0n) is 13.7. The Hall–Kier alpha value is -1.92. The number of rotatable bonds is 4. The molecule has 1 heterocycles. The highest BCUT2D eigenvalue weighted by Gasteiger charge is 2.31. The van der Waals surface area contributed by atoms with Gasteiger partial charge in [-0.1, -0.05) is 19.3 Å². The first-order chi connectivity index (χ1) is 10.3. The van der Waals surface area contributed by atoms with Crippen LogP contribution in [0.4, 0.5) is 5.69 Å². The monoisotopic (exact) mass is 308 g/mol. The molecule has 7 nitrogen and oxygen atoms in total. The largest absolute Gasteiger partial charge is 0.341 e. The molecule has 0 saturated heterocycles. The molecule has 1 unspecified atom stereocenters. The Morgan fingerprint density at radius 2 is 1.95 bits per heavy atom. The van der Waals surface area contributed by atoms with Gasteiger partial charge in [0.15, 0.2) is 0 Å². The quantitative estimate of drug-likeness (QED) is 0.632. The first-order valence-electron chi connectivity index (χ1n) is 7.81. The molecule has 0 aliphatic heterocycles. The van der Waals surface area contributed by atoms with E-state index >= 15 is 0 Å². The van der Waals surface area contributed by atoms with Crippen molar-refractivity contribution in [2.75, 3.05) is 7.05 Å². The van der Waals surface area contributed by atoms with Crippen molar-refractivity contribution in [2.45, 2.75) is 65.0 Å². The van der Waals surface area contributed by atoms with E-state index < -0.39 is 11.0 Å². The molecule has 1 atom stereocenters. The SMILES string of the molecule is Cc1nn(C(C)C(=O)N(C)C2CCCCC2)c(C)c1[N+](=O)[O-]. The second-order valence-corrected chi connectivity index (χ2v) is 6.14. The van der Waals surface area contributed by atoms with Crippen LogP contribution in [0.1, 0.15) is 56.5 Å². The highest BCUT2D eigenvalue weighted by molar-refractivity contribution is 5.80. The second-order valence-electron chi connectivity index (χ2n) is 6.14. The van der Waals surface area contributed by atoms with E-state index in [0.717, 1.165) is 25.7 Å². The van der Waals surface area contributed by atoms with Crippen LogP contribution in [0.15, 0.2) is 0 Å². The van der Waals surface area contributed by atoms with Gasteiger partial charge >= 0.3 is 5.69 Å². The lowest BCUT2D eigenvalue weighted by Crippen LogP contribution is -2.42. The summed E-state index contributed by atoms with van der Waals surface area (Å²) >= 11 is 0. The van der Waals surface area contributed by atoms with E-state index in [2.05, 4.69) is 5.10 Å². The average molecular weight is 308 g/mol. The Morgan fingerprint density at radius 1 is 1.36 bits per heavy atom. The van der Waals surface area contributed by atoms with Crippen molar-refractivity contribution in [1.82, 2.24) is 14.7 Å². The van der Waals surface area contributed by atoms with Gasteiger partial charge in [0.25, 0.3) is 0 Å². The average Bonchev–Trinajstić information content (AvgIpc) is 2.80. The first kappa shape index (κ1) is 16.5. The van der Waals surface area contributed by atoms with Gasteiger partial charge in [-0.15, -0.1) is 0 Å². The van der Waals surface area contributed by atoms with Crippen LogP contribution < -0.4 is 0 Å². The van der Waals surface area contributed by atoms with Crippen LogP contribution in [-0.2, 0) is 4.79 Å². The van der Waals surface area contributed by atoms with Crippen LogP contribution in [0.3, 0.4) is 0 Å². The fourth-order valence-electron chi connectivity index (χ4n) is 3.34. The number of amides is 1. The van der Waals surface area contributed by atoms with Gasteiger partial charge in [0.1, 0.15) is 17.4 Å². The second kappa shape index (κ2) is 6.46. The molecule has 1 amide bonds. The lowest BCUT2D eigenvalue weighted by molar-refractivity contribution is -0.386. The Kier molecular flexibility index (Phi) is 4.83. The minimum absolute atomic E-state index is 0.0000283. The molecule has 0 radical (unpaired) electrons. The summed E-state index contributed by atoms with van der Waals surface area (Å²) in [4.78, 5) is 25.1. The van der Waals surface area contributed by atoms with Crippen LogP contribution in [0.25, 0.3) is 0 Å². The third-order valence-electron chi connectivity index (χ3n) is 4.66. The summed E-state index contributed by atoms with van der Waals surface area (Å²) in [5, 5.41) is 15.3. The van der Waals surface area contributed by atoms with Crippen molar-refractivity contribution in [2.24, 2.45) is 0 Å². The predicted molar refractivity (Wildman–Crippen MR) is 82.7 cm³/mol. The van der Waals surface area contributed by atoms with Gasteiger partial charge < -0.3 is 4.90 Å². The summed E-state index contributed by atoms with van der Waals surface area (Å²) < 4.78 is 1.48. The first-order valence-corrected chi connectivity index (χ1v) is 7.81. The molecule has 1 aromatic rings. The summed E-state index contributed by atoms with van der Waals surface area (Å²) in [5.41, 5.74) is 0.780. The number of nitrogens with zero attached hydrogens (tertiary/aromatic N) is 4. The third kappa shape index (κ3) is 2.98. The fraction of sp³-hybridized carbons (Fsp3) is 0.733. The molecule has 0 N–H and O–H groups in total. The maximum Gasteiger partial charge on any atom is 0.312 e. The molecule has 122 valence electrons. The van der Waals surface area contributed by atoms with Gasteiger partial charge in [-0.3, -0.25) is 19.6 Å². The summed E-state index contributed by atoms with van der Waals surface area (Å²) in [5.74, 6) is -0.0348. The molecule has 22 heavy (non-hydrogen) atoms. The fourth-order valence-corrected chi connectivity index (χ4v) is 3.34. The van der Waals surface area contributed by atoms with E-state index in [1.165, 1.54) is 11.1 Å². The number of hydrogen-bond donors (Lipinski definition) is 0. The molecule has 1 aromatic heterocycles. The number of carbonyl (C=O) groups is 1. The minimum Gasteiger partial charge on any atom is -0.341 e. The smallest absolute Gasteiger partial charge is 0.312 e. The van der Waals surface area contributed by atoms with Gasteiger partial charge in [0, 0.05) is 13.1 Å². The van der Waals surface area contributed by atoms with Crippen molar-refractivity contribution in [3.63, 3.8) is 0 Å². The number of aryl methyl sites for hydroxylation is 1. The van der Waals surface area contributed by atoms with Crippen molar-refractivity contribution in [3.8, 4) is 0 Å². The molecule has 2 rings (SSSR count). The van der Waals surface area contributed by atoms with E-state index in [1.54, 1.807) is 25.7 Å². The van der Waals surface area contributed by atoms with Gasteiger partial charge in [-0.2, -0.15) is 5.10 Å². The maximum atomic E-state index is 12.7. The highest BCUT2D eigenvalue weighted by Crippen LogP contribution is 2.27. The van der Waals surface area contributed by atoms with Gasteiger partial charge in [0.05, 0.1) is 4.92 Å². The van der Waals surface area contributed by atoms with Gasteiger partial charge in [-0.25, -0.2) is 0 Å². The predicted octanol–water partition coefficient (Wildman–Crippen LogP) is 2.76. The van der Waals surface area contributed by atoms with E-state index in [1.807, 2.05) is 7.05 Å². The number of likely N-dealkylation sites (N-methyl/N-ethyl adjacent to an activating group) is 1. The minimum atomic E-state index is -0.528. The standard InChI is InChI=1S/C15H24N4O3/c1-10-14(19(21)22)11(2)18(16-10)12(3)15(20)17(4)13-8-6-5-7-9-13/h12-13H,5-9H2,1-4H3. The Balaban J connectivity index is 2.20. The van der Waals surface area contributed by atoms with Crippen molar-refractivity contribution >= 4 is 11.6 Å². The van der Waals surface area contributed by atoms with Crippen LogP contribution in [0, 0.1) is 24.0 Å². The number of hydrogen-bond acceptors (Lipinski definition) is 4. The number of carbonyl (C=O) groups excluding carboxylic acids is 1. The Bertz CT molecular complexity index is 576. The molecular weight excluding hydrogens is 284 g/mol. The zero-order chi connectivity index (χ0) is 16.4. The Labute approximate surface area is 130 Å². The number of aromatic nitrogens is 2. The lowest BCUT2D eigenvalue weighted by atomic mass is 9.94. The summed E-state index contributed by atoms with van der Waals surface area (Å²) in [6.07, 6.45) is 5.61. The molecule has 1 fully saturated rings. The van der Waals surface area contributed by atoms with Gasteiger partial charge in [-0.05, 0) is 33.6 Å².